The highest BCUT2D eigenvalue weighted by Gasteiger charge is 2.12. The van der Waals surface area contributed by atoms with Gasteiger partial charge in [-0.3, -0.25) is 9.78 Å². The number of aromatic nitrogens is 4. The summed E-state index contributed by atoms with van der Waals surface area (Å²) in [6.07, 6.45) is 6.29. The minimum absolute atomic E-state index is 0.0500. The molecule has 38 heavy (non-hydrogen) atoms. The maximum absolute atomic E-state index is 12.6. The van der Waals surface area contributed by atoms with E-state index >= 15 is 0 Å². The lowest BCUT2D eigenvalue weighted by Gasteiger charge is -2.13. The topological polar surface area (TPSA) is 111 Å². The average Bonchev–Trinajstić information content (AvgIpc) is 3.37. The number of amides is 1. The molecule has 4 N–H and O–H groups in total. The molecule has 3 heterocycles. The van der Waals surface area contributed by atoms with E-state index in [9.17, 15) is 4.79 Å². The normalized spacial score (nSPS) is 12.1. The molecule has 8 heteroatoms. The molecule has 5 rings (SSSR count). The number of carbonyl (C=O) groups excluding carboxylic acids is 1. The predicted molar refractivity (Wildman–Crippen MR) is 152 cm³/mol. The van der Waals surface area contributed by atoms with Crippen LogP contribution in [-0.4, -0.2) is 38.0 Å². The van der Waals surface area contributed by atoms with Gasteiger partial charge in [-0.15, -0.1) is 0 Å². The number of anilines is 1. The Morgan fingerprint density at radius 2 is 1.82 bits per heavy atom. The summed E-state index contributed by atoms with van der Waals surface area (Å²) in [5, 5.41) is 7.60. The molecule has 0 aliphatic heterocycles. The number of carbonyl (C=O) groups is 1. The lowest BCUT2D eigenvalue weighted by atomic mass is 10.1. The number of rotatable bonds is 11. The third-order valence-electron chi connectivity index (χ3n) is 6.70. The second-order valence-corrected chi connectivity index (χ2v) is 9.62. The van der Waals surface area contributed by atoms with E-state index in [1.54, 1.807) is 0 Å². The van der Waals surface area contributed by atoms with Gasteiger partial charge in [0.15, 0.2) is 5.82 Å². The number of nitrogen functional groups attached to an aromatic ring is 1. The molecule has 0 radical (unpaired) electrons. The molecule has 1 atom stereocenters. The van der Waals surface area contributed by atoms with E-state index in [0.29, 0.717) is 24.0 Å². The number of nitrogens with two attached hydrogens (primary N) is 1. The Balaban J connectivity index is 1.07. The maximum Gasteiger partial charge on any atom is 0.251 e. The Morgan fingerprint density at radius 3 is 2.63 bits per heavy atom. The highest BCUT2D eigenvalue weighted by atomic mass is 16.1. The number of fused-ring (bicyclic) bond motifs is 3. The highest BCUT2D eigenvalue weighted by molar-refractivity contribution is 6.06. The number of benzene rings is 2. The van der Waals surface area contributed by atoms with Gasteiger partial charge in [-0.05, 0) is 55.7 Å². The molecular formula is C30H33N7O. The van der Waals surface area contributed by atoms with Crippen LogP contribution in [0.25, 0.3) is 21.9 Å². The van der Waals surface area contributed by atoms with Crippen LogP contribution in [0.2, 0.25) is 0 Å². The van der Waals surface area contributed by atoms with Crippen molar-refractivity contribution < 1.29 is 4.79 Å². The van der Waals surface area contributed by atoms with Crippen LogP contribution in [0.4, 0.5) is 5.82 Å². The maximum atomic E-state index is 12.6. The van der Waals surface area contributed by atoms with Crippen LogP contribution in [0.3, 0.4) is 0 Å². The number of nitrogens with zero attached hydrogens (tertiary/aromatic N) is 4. The zero-order valence-corrected chi connectivity index (χ0v) is 21.6. The molecule has 0 bridgehead atoms. The van der Waals surface area contributed by atoms with Crippen molar-refractivity contribution in [2.45, 2.75) is 45.3 Å². The number of hydrogen-bond acceptors (Lipinski definition) is 6. The number of nitrogens with one attached hydrogen (secondary N) is 2. The molecule has 1 amide bonds. The Bertz CT molecular complexity index is 1510. The van der Waals surface area contributed by atoms with Crippen molar-refractivity contribution in [2.75, 3.05) is 12.3 Å². The minimum atomic E-state index is -0.0500. The summed E-state index contributed by atoms with van der Waals surface area (Å²) in [4.78, 5) is 25.9. The first kappa shape index (κ1) is 25.4. The molecule has 1 unspecified atom stereocenters. The lowest BCUT2D eigenvalue weighted by Crippen LogP contribution is -2.28. The number of para-hydroxylation sites is 1. The number of imidazole rings is 1. The number of unbranched alkanes of at least 4 members (excludes halogenated alkanes) is 1. The van der Waals surface area contributed by atoms with Crippen molar-refractivity contribution in [3.05, 3.63) is 96.1 Å². The van der Waals surface area contributed by atoms with Crippen molar-refractivity contribution in [3.8, 4) is 0 Å². The average molecular weight is 508 g/mol. The quantitative estimate of drug-likeness (QED) is 0.227. The second kappa shape index (κ2) is 11.8. The van der Waals surface area contributed by atoms with E-state index in [4.69, 9.17) is 5.73 Å². The minimum Gasteiger partial charge on any atom is -0.382 e. The number of pyridine rings is 2. The van der Waals surface area contributed by atoms with Crippen LogP contribution in [-0.2, 0) is 19.5 Å². The third-order valence-corrected chi connectivity index (χ3v) is 6.70. The van der Waals surface area contributed by atoms with Gasteiger partial charge in [-0.25, -0.2) is 9.97 Å². The Morgan fingerprint density at radius 1 is 1.00 bits per heavy atom. The summed E-state index contributed by atoms with van der Waals surface area (Å²) >= 11 is 0. The van der Waals surface area contributed by atoms with Gasteiger partial charge >= 0.3 is 0 Å². The van der Waals surface area contributed by atoms with Crippen molar-refractivity contribution in [2.24, 2.45) is 0 Å². The summed E-state index contributed by atoms with van der Waals surface area (Å²) < 4.78 is 2.13. The zero-order chi connectivity index (χ0) is 26.3. The number of aryl methyl sites for hydroxylation is 1. The molecule has 0 saturated heterocycles. The van der Waals surface area contributed by atoms with Crippen LogP contribution in [0, 0.1) is 0 Å². The SMILES string of the molecule is CC(Cc1ccccn1)NCc1ccc(C(=O)NCCCCn2cnc3c(N)nc4ccccc4c32)cc1. The molecule has 2 aromatic carbocycles. The van der Waals surface area contributed by atoms with E-state index in [-0.39, 0.29) is 5.91 Å². The van der Waals surface area contributed by atoms with Gasteiger partial charge in [0, 0.05) is 54.9 Å². The van der Waals surface area contributed by atoms with Gasteiger partial charge in [0.2, 0.25) is 0 Å². The van der Waals surface area contributed by atoms with E-state index in [1.807, 2.05) is 79.3 Å². The molecule has 5 aromatic rings. The van der Waals surface area contributed by atoms with Gasteiger partial charge in [0.1, 0.15) is 5.52 Å². The molecule has 0 spiro atoms. The van der Waals surface area contributed by atoms with Gasteiger partial charge in [-0.1, -0.05) is 36.4 Å². The molecular weight excluding hydrogens is 474 g/mol. The summed E-state index contributed by atoms with van der Waals surface area (Å²) in [6.45, 7) is 4.31. The largest absolute Gasteiger partial charge is 0.382 e. The Labute approximate surface area is 222 Å². The smallest absolute Gasteiger partial charge is 0.251 e. The summed E-state index contributed by atoms with van der Waals surface area (Å²) in [5.74, 6) is 0.400. The Kier molecular flexibility index (Phi) is 7.89. The second-order valence-electron chi connectivity index (χ2n) is 9.62. The van der Waals surface area contributed by atoms with Gasteiger partial charge in [-0.2, -0.15) is 0 Å². The summed E-state index contributed by atoms with van der Waals surface area (Å²) in [5.41, 5.74) is 11.6. The first-order valence-electron chi connectivity index (χ1n) is 13.1. The Hall–Kier alpha value is -4.30. The molecule has 0 aliphatic carbocycles. The van der Waals surface area contributed by atoms with Gasteiger partial charge < -0.3 is 20.9 Å². The fourth-order valence-corrected chi connectivity index (χ4v) is 4.66. The summed E-state index contributed by atoms with van der Waals surface area (Å²) in [6, 6.07) is 22.0. The van der Waals surface area contributed by atoms with Crippen LogP contribution in [0.5, 0.6) is 0 Å². The number of hydrogen-bond donors (Lipinski definition) is 3. The molecule has 0 saturated carbocycles. The van der Waals surface area contributed by atoms with Crippen LogP contribution >= 0.6 is 0 Å². The van der Waals surface area contributed by atoms with Crippen molar-refractivity contribution in [1.29, 1.82) is 0 Å². The van der Waals surface area contributed by atoms with Gasteiger partial charge in [0.05, 0.1) is 17.4 Å². The van der Waals surface area contributed by atoms with Crippen LogP contribution in [0.1, 0.15) is 41.4 Å². The van der Waals surface area contributed by atoms with E-state index < -0.39 is 0 Å². The van der Waals surface area contributed by atoms with Crippen LogP contribution in [0.15, 0.2) is 79.3 Å². The van der Waals surface area contributed by atoms with Crippen LogP contribution < -0.4 is 16.4 Å². The standard InChI is InChI=1S/C30H33N7O/c1-21(18-24-8-4-5-15-32-24)34-19-22-11-13-23(14-12-22)30(38)33-16-6-7-17-37-20-35-27-28(37)25-9-2-3-10-26(25)36-29(27)31/h2-5,8-15,20-21,34H,6-7,16-19H2,1H3,(H2,31,36)(H,33,38). The van der Waals surface area contributed by atoms with E-state index in [1.165, 1.54) is 0 Å². The fraction of sp³-hybridized carbons (Fsp3) is 0.267. The zero-order valence-electron chi connectivity index (χ0n) is 21.6. The predicted octanol–water partition coefficient (Wildman–Crippen LogP) is 4.49. The molecule has 0 aliphatic rings. The van der Waals surface area contributed by atoms with Crippen molar-refractivity contribution >= 4 is 33.7 Å². The van der Waals surface area contributed by atoms with E-state index in [0.717, 1.165) is 65.5 Å². The van der Waals surface area contributed by atoms with Crippen molar-refractivity contribution in [3.63, 3.8) is 0 Å². The molecule has 194 valence electrons. The van der Waals surface area contributed by atoms with E-state index in [2.05, 4.69) is 37.1 Å². The molecule has 3 aromatic heterocycles. The first-order valence-corrected chi connectivity index (χ1v) is 13.1. The van der Waals surface area contributed by atoms with Crippen molar-refractivity contribution in [1.82, 2.24) is 30.2 Å². The lowest BCUT2D eigenvalue weighted by molar-refractivity contribution is 0.0953. The highest BCUT2D eigenvalue weighted by Crippen LogP contribution is 2.27. The third kappa shape index (κ3) is 5.98. The fourth-order valence-electron chi connectivity index (χ4n) is 4.66. The molecule has 0 fully saturated rings. The monoisotopic (exact) mass is 507 g/mol. The molecule has 8 nitrogen and oxygen atoms in total. The summed E-state index contributed by atoms with van der Waals surface area (Å²) in [7, 11) is 0. The van der Waals surface area contributed by atoms with Gasteiger partial charge in [0.25, 0.3) is 5.91 Å². The first-order chi connectivity index (χ1) is 18.6.